The standard InChI is InChI=1S/C11H10O2/c1-7-4-3-5-10-11(7)9(12)6-8(2)13-10/h3-6H,1-2H3. The topological polar surface area (TPSA) is 30.2 Å². The van der Waals surface area contributed by atoms with Crippen LogP contribution >= 0.6 is 0 Å². The van der Waals surface area contributed by atoms with Crippen LogP contribution in [0, 0.1) is 13.8 Å². The second-order valence-corrected chi connectivity index (χ2v) is 3.17. The summed E-state index contributed by atoms with van der Waals surface area (Å²) in [6, 6.07) is 7.14. The van der Waals surface area contributed by atoms with Crippen LogP contribution in [0.3, 0.4) is 0 Å². The molecule has 0 atom stereocenters. The van der Waals surface area contributed by atoms with Crippen molar-refractivity contribution >= 4 is 11.0 Å². The van der Waals surface area contributed by atoms with Crippen LogP contribution in [0.15, 0.2) is 33.5 Å². The Morgan fingerprint density at radius 3 is 2.77 bits per heavy atom. The van der Waals surface area contributed by atoms with Crippen LogP contribution in [-0.2, 0) is 0 Å². The molecule has 0 unspecified atom stereocenters. The van der Waals surface area contributed by atoms with E-state index in [2.05, 4.69) is 0 Å². The van der Waals surface area contributed by atoms with Crippen LogP contribution in [0.25, 0.3) is 11.0 Å². The van der Waals surface area contributed by atoms with Crippen molar-refractivity contribution in [2.75, 3.05) is 0 Å². The summed E-state index contributed by atoms with van der Waals surface area (Å²) in [5.74, 6) is 0.656. The molecule has 2 nitrogen and oxygen atoms in total. The van der Waals surface area contributed by atoms with Gasteiger partial charge < -0.3 is 4.42 Å². The highest BCUT2D eigenvalue weighted by Crippen LogP contribution is 2.14. The van der Waals surface area contributed by atoms with E-state index in [4.69, 9.17) is 4.42 Å². The highest BCUT2D eigenvalue weighted by molar-refractivity contribution is 5.79. The van der Waals surface area contributed by atoms with Gasteiger partial charge in [-0.15, -0.1) is 0 Å². The van der Waals surface area contributed by atoms with Crippen molar-refractivity contribution in [3.63, 3.8) is 0 Å². The molecule has 0 radical (unpaired) electrons. The fraction of sp³-hybridized carbons (Fsp3) is 0.182. The number of fused-ring (bicyclic) bond motifs is 1. The van der Waals surface area contributed by atoms with E-state index < -0.39 is 0 Å². The summed E-state index contributed by atoms with van der Waals surface area (Å²) >= 11 is 0. The van der Waals surface area contributed by atoms with Gasteiger partial charge >= 0.3 is 0 Å². The smallest absolute Gasteiger partial charge is 0.193 e. The Hall–Kier alpha value is -1.57. The Morgan fingerprint density at radius 2 is 2.00 bits per heavy atom. The van der Waals surface area contributed by atoms with Gasteiger partial charge in [-0.3, -0.25) is 4.79 Å². The normalized spacial score (nSPS) is 10.6. The van der Waals surface area contributed by atoms with Crippen molar-refractivity contribution in [3.8, 4) is 0 Å². The summed E-state index contributed by atoms with van der Waals surface area (Å²) in [5.41, 5.74) is 1.67. The number of hydrogen-bond acceptors (Lipinski definition) is 2. The lowest BCUT2D eigenvalue weighted by molar-refractivity contribution is 0.564. The van der Waals surface area contributed by atoms with Gasteiger partial charge in [0.1, 0.15) is 11.3 Å². The Labute approximate surface area is 75.8 Å². The Kier molecular flexibility index (Phi) is 1.69. The average molecular weight is 174 g/mol. The summed E-state index contributed by atoms with van der Waals surface area (Å²) in [4.78, 5) is 11.6. The molecular weight excluding hydrogens is 164 g/mol. The lowest BCUT2D eigenvalue weighted by Crippen LogP contribution is -2.01. The van der Waals surface area contributed by atoms with Gasteiger partial charge in [0.25, 0.3) is 0 Å². The molecule has 0 N–H and O–H groups in total. The van der Waals surface area contributed by atoms with E-state index in [1.165, 1.54) is 6.07 Å². The van der Waals surface area contributed by atoms with Gasteiger partial charge in [-0.05, 0) is 25.5 Å². The number of rotatable bonds is 0. The highest BCUT2D eigenvalue weighted by atomic mass is 16.3. The first-order chi connectivity index (χ1) is 6.18. The largest absolute Gasteiger partial charge is 0.461 e. The van der Waals surface area contributed by atoms with Crippen molar-refractivity contribution in [2.24, 2.45) is 0 Å². The predicted molar refractivity (Wildman–Crippen MR) is 52.0 cm³/mol. The molecule has 0 amide bonds. The molecular formula is C11H10O2. The minimum absolute atomic E-state index is 0.0388. The van der Waals surface area contributed by atoms with Crippen molar-refractivity contribution < 1.29 is 4.42 Å². The fourth-order valence-electron chi connectivity index (χ4n) is 1.50. The summed E-state index contributed by atoms with van der Waals surface area (Å²) < 4.78 is 5.42. The lowest BCUT2D eigenvalue weighted by Gasteiger charge is -2.00. The van der Waals surface area contributed by atoms with Crippen LogP contribution in [0.1, 0.15) is 11.3 Å². The van der Waals surface area contributed by atoms with Gasteiger partial charge in [0.05, 0.1) is 5.39 Å². The molecule has 1 heterocycles. The first-order valence-corrected chi connectivity index (χ1v) is 4.18. The highest BCUT2D eigenvalue weighted by Gasteiger charge is 2.03. The average Bonchev–Trinajstić information content (AvgIpc) is 2.02. The van der Waals surface area contributed by atoms with Crippen LogP contribution in [0.4, 0.5) is 0 Å². The summed E-state index contributed by atoms with van der Waals surface area (Å²) in [5, 5.41) is 0.688. The molecule has 0 bridgehead atoms. The molecule has 2 aromatic rings. The minimum Gasteiger partial charge on any atom is -0.461 e. The quantitative estimate of drug-likeness (QED) is 0.614. The van der Waals surface area contributed by atoms with E-state index in [0.717, 1.165) is 5.56 Å². The molecule has 2 heteroatoms. The van der Waals surface area contributed by atoms with Gasteiger partial charge in [-0.1, -0.05) is 12.1 Å². The maximum atomic E-state index is 11.6. The van der Waals surface area contributed by atoms with Gasteiger partial charge in [-0.25, -0.2) is 0 Å². The third-order valence-corrected chi connectivity index (χ3v) is 2.09. The molecule has 0 aliphatic heterocycles. The van der Waals surface area contributed by atoms with E-state index in [-0.39, 0.29) is 5.43 Å². The zero-order chi connectivity index (χ0) is 9.42. The maximum absolute atomic E-state index is 11.6. The lowest BCUT2D eigenvalue weighted by atomic mass is 10.1. The molecule has 0 aliphatic carbocycles. The molecule has 0 saturated carbocycles. The van der Waals surface area contributed by atoms with Crippen molar-refractivity contribution in [1.82, 2.24) is 0 Å². The molecule has 0 fully saturated rings. The van der Waals surface area contributed by atoms with E-state index in [1.54, 1.807) is 6.92 Å². The SMILES string of the molecule is Cc1cc(=O)c2c(C)cccc2o1. The van der Waals surface area contributed by atoms with Crippen LogP contribution in [0.5, 0.6) is 0 Å². The van der Waals surface area contributed by atoms with Crippen LogP contribution < -0.4 is 5.43 Å². The Balaban J connectivity index is 3.03. The molecule has 0 spiro atoms. The van der Waals surface area contributed by atoms with Crippen LogP contribution in [0.2, 0.25) is 0 Å². The van der Waals surface area contributed by atoms with Gasteiger partial charge in [0, 0.05) is 6.07 Å². The molecule has 0 aliphatic rings. The second kappa shape index (κ2) is 2.73. The molecule has 0 saturated heterocycles. The molecule has 1 aromatic heterocycles. The van der Waals surface area contributed by atoms with Crippen molar-refractivity contribution in [2.45, 2.75) is 13.8 Å². The summed E-state index contributed by atoms with van der Waals surface area (Å²) in [7, 11) is 0. The minimum atomic E-state index is 0.0388. The van der Waals surface area contributed by atoms with E-state index >= 15 is 0 Å². The molecule has 13 heavy (non-hydrogen) atoms. The monoisotopic (exact) mass is 174 g/mol. The molecule has 66 valence electrons. The third kappa shape index (κ3) is 1.24. The molecule has 1 aromatic carbocycles. The van der Waals surface area contributed by atoms with E-state index in [9.17, 15) is 4.79 Å². The zero-order valence-electron chi connectivity index (χ0n) is 7.63. The van der Waals surface area contributed by atoms with Gasteiger partial charge in [-0.2, -0.15) is 0 Å². The fourth-order valence-corrected chi connectivity index (χ4v) is 1.50. The van der Waals surface area contributed by atoms with Crippen molar-refractivity contribution in [1.29, 1.82) is 0 Å². The second-order valence-electron chi connectivity index (χ2n) is 3.17. The van der Waals surface area contributed by atoms with E-state index in [1.807, 2.05) is 25.1 Å². The van der Waals surface area contributed by atoms with Crippen molar-refractivity contribution in [3.05, 3.63) is 45.8 Å². The molecule has 2 rings (SSSR count). The third-order valence-electron chi connectivity index (χ3n) is 2.09. The Bertz CT molecular complexity index is 509. The van der Waals surface area contributed by atoms with Crippen LogP contribution in [-0.4, -0.2) is 0 Å². The first-order valence-electron chi connectivity index (χ1n) is 4.18. The summed E-state index contributed by atoms with van der Waals surface area (Å²) in [6.07, 6.45) is 0. The van der Waals surface area contributed by atoms with Gasteiger partial charge in [0.15, 0.2) is 5.43 Å². The number of aryl methyl sites for hydroxylation is 2. The maximum Gasteiger partial charge on any atom is 0.193 e. The van der Waals surface area contributed by atoms with E-state index in [0.29, 0.717) is 16.7 Å². The zero-order valence-corrected chi connectivity index (χ0v) is 7.63. The van der Waals surface area contributed by atoms with Gasteiger partial charge in [0.2, 0.25) is 0 Å². The number of benzene rings is 1. The number of hydrogen-bond donors (Lipinski definition) is 0. The Morgan fingerprint density at radius 1 is 1.23 bits per heavy atom. The first kappa shape index (κ1) is 8.05. The predicted octanol–water partition coefficient (Wildman–Crippen LogP) is 2.41. The summed E-state index contributed by atoms with van der Waals surface area (Å²) in [6.45, 7) is 3.69.